The second kappa shape index (κ2) is 9.52. The van der Waals surface area contributed by atoms with Crippen molar-refractivity contribution in [3.63, 3.8) is 0 Å². The fourth-order valence-corrected chi connectivity index (χ4v) is 2.76. The number of rotatable bonds is 4. The van der Waals surface area contributed by atoms with E-state index in [-0.39, 0.29) is 11.1 Å². The first kappa shape index (κ1) is 22.8. The van der Waals surface area contributed by atoms with Crippen LogP contribution in [0.2, 0.25) is 5.02 Å². The average molecular weight is 462 g/mol. The molecule has 0 aliphatic heterocycles. The number of hydrogen-bond acceptors (Lipinski definition) is 3. The van der Waals surface area contributed by atoms with Crippen LogP contribution in [0, 0.1) is 0 Å². The lowest BCUT2D eigenvalue weighted by Crippen LogP contribution is -2.41. The highest BCUT2D eigenvalue weighted by Gasteiger charge is 2.30. The Bertz CT molecular complexity index is 1160. The highest BCUT2D eigenvalue weighted by atomic mass is 35.5. The zero-order chi connectivity index (χ0) is 23.3. The Labute approximate surface area is 185 Å². The molecule has 6 nitrogen and oxygen atoms in total. The molecule has 10 heteroatoms. The minimum atomic E-state index is -4.60. The summed E-state index contributed by atoms with van der Waals surface area (Å²) in [6.45, 7) is 0. The molecular weight excluding hydrogens is 447 g/mol. The van der Waals surface area contributed by atoms with E-state index in [0.717, 1.165) is 12.1 Å². The van der Waals surface area contributed by atoms with Gasteiger partial charge in [-0.2, -0.15) is 13.2 Å². The first-order valence-electron chi connectivity index (χ1n) is 9.08. The van der Waals surface area contributed by atoms with Gasteiger partial charge in [0.05, 0.1) is 5.56 Å². The van der Waals surface area contributed by atoms with E-state index in [2.05, 4.69) is 16.2 Å². The molecule has 0 aromatic heterocycles. The summed E-state index contributed by atoms with van der Waals surface area (Å²) in [6, 6.07) is 15.9. The van der Waals surface area contributed by atoms with E-state index in [1.807, 2.05) is 0 Å². The van der Waals surface area contributed by atoms with Gasteiger partial charge in [0, 0.05) is 27.4 Å². The van der Waals surface area contributed by atoms with Gasteiger partial charge in [-0.1, -0.05) is 23.7 Å². The van der Waals surface area contributed by atoms with E-state index < -0.39 is 29.5 Å². The summed E-state index contributed by atoms with van der Waals surface area (Å²) in [7, 11) is 0. The Morgan fingerprint density at radius 3 is 1.84 bits per heavy atom. The van der Waals surface area contributed by atoms with Gasteiger partial charge in [-0.25, -0.2) is 0 Å². The lowest BCUT2D eigenvalue weighted by Gasteiger charge is -2.11. The van der Waals surface area contributed by atoms with E-state index in [1.54, 1.807) is 18.2 Å². The van der Waals surface area contributed by atoms with Crippen LogP contribution in [0.25, 0.3) is 0 Å². The SMILES string of the molecule is O=C(NNC(=O)c1cccc(C(F)(F)F)c1)c1cccc(NC(=O)c2ccc(Cl)cc2)c1. The molecule has 3 rings (SSSR count). The second-order valence-electron chi connectivity index (χ2n) is 6.53. The van der Waals surface area contributed by atoms with E-state index in [1.165, 1.54) is 36.4 Å². The first-order chi connectivity index (χ1) is 15.1. The molecule has 3 aromatic rings. The predicted molar refractivity (Wildman–Crippen MR) is 112 cm³/mol. The van der Waals surface area contributed by atoms with Crippen molar-refractivity contribution in [1.82, 2.24) is 10.9 Å². The summed E-state index contributed by atoms with van der Waals surface area (Å²) in [5.74, 6) is -2.07. The molecule has 0 aliphatic carbocycles. The first-order valence-corrected chi connectivity index (χ1v) is 9.46. The highest BCUT2D eigenvalue weighted by Crippen LogP contribution is 2.29. The summed E-state index contributed by atoms with van der Waals surface area (Å²) in [4.78, 5) is 36.7. The summed E-state index contributed by atoms with van der Waals surface area (Å²) in [5, 5.41) is 3.11. The molecule has 0 atom stereocenters. The summed E-state index contributed by atoms with van der Waals surface area (Å²) in [6.07, 6.45) is -4.60. The van der Waals surface area contributed by atoms with Gasteiger partial charge >= 0.3 is 6.18 Å². The summed E-state index contributed by atoms with van der Waals surface area (Å²) >= 11 is 5.79. The Kier molecular flexibility index (Phi) is 6.79. The van der Waals surface area contributed by atoms with Crippen molar-refractivity contribution in [2.75, 3.05) is 5.32 Å². The van der Waals surface area contributed by atoms with Gasteiger partial charge < -0.3 is 5.32 Å². The van der Waals surface area contributed by atoms with Crippen LogP contribution in [-0.2, 0) is 6.18 Å². The largest absolute Gasteiger partial charge is 0.416 e. The van der Waals surface area contributed by atoms with Gasteiger partial charge in [0.25, 0.3) is 17.7 Å². The fourth-order valence-electron chi connectivity index (χ4n) is 2.64. The van der Waals surface area contributed by atoms with Crippen molar-refractivity contribution < 1.29 is 27.6 Å². The van der Waals surface area contributed by atoms with Crippen LogP contribution in [-0.4, -0.2) is 17.7 Å². The second-order valence-corrected chi connectivity index (χ2v) is 6.97. The Morgan fingerprint density at radius 1 is 0.688 bits per heavy atom. The number of amides is 3. The monoisotopic (exact) mass is 461 g/mol. The standard InChI is InChI=1S/C22H15ClF3N3O3/c23-17-9-7-13(8-10-17)19(30)27-18-6-2-4-15(12-18)21(32)29-28-20(31)14-3-1-5-16(11-14)22(24,25)26/h1-12H,(H,27,30)(H,28,31)(H,29,32). The molecule has 0 saturated heterocycles. The van der Waals surface area contributed by atoms with Crippen LogP contribution >= 0.6 is 11.6 Å². The normalized spacial score (nSPS) is 10.9. The van der Waals surface area contributed by atoms with Crippen LogP contribution in [0.1, 0.15) is 36.6 Å². The fraction of sp³-hybridized carbons (Fsp3) is 0.0455. The minimum absolute atomic E-state index is 0.100. The predicted octanol–water partition coefficient (Wildman–Crippen LogP) is 4.69. The van der Waals surface area contributed by atoms with Crippen LogP contribution in [0.3, 0.4) is 0 Å². The van der Waals surface area contributed by atoms with E-state index in [0.29, 0.717) is 22.3 Å². The maximum atomic E-state index is 12.8. The third-order valence-electron chi connectivity index (χ3n) is 4.23. The van der Waals surface area contributed by atoms with Crippen LogP contribution in [0.5, 0.6) is 0 Å². The number of alkyl halides is 3. The van der Waals surface area contributed by atoms with Crippen molar-refractivity contribution in [3.05, 3.63) is 100 Å². The molecule has 0 aliphatic rings. The van der Waals surface area contributed by atoms with Gasteiger partial charge in [-0.3, -0.25) is 25.2 Å². The molecule has 3 N–H and O–H groups in total. The van der Waals surface area contributed by atoms with Crippen LogP contribution in [0.15, 0.2) is 72.8 Å². The molecule has 0 bridgehead atoms. The van der Waals surface area contributed by atoms with Gasteiger partial charge in [0.2, 0.25) is 0 Å². The number of benzene rings is 3. The van der Waals surface area contributed by atoms with Crippen LogP contribution in [0.4, 0.5) is 18.9 Å². The van der Waals surface area contributed by atoms with E-state index >= 15 is 0 Å². The number of carbonyl (C=O) groups excluding carboxylic acids is 3. The Balaban J connectivity index is 1.63. The molecule has 3 amide bonds. The highest BCUT2D eigenvalue weighted by molar-refractivity contribution is 6.30. The van der Waals surface area contributed by atoms with Crippen LogP contribution < -0.4 is 16.2 Å². The van der Waals surface area contributed by atoms with Crippen molar-refractivity contribution in [2.45, 2.75) is 6.18 Å². The average Bonchev–Trinajstić information content (AvgIpc) is 2.77. The van der Waals surface area contributed by atoms with E-state index in [9.17, 15) is 27.6 Å². The minimum Gasteiger partial charge on any atom is -0.322 e. The summed E-state index contributed by atoms with van der Waals surface area (Å²) in [5.41, 5.74) is 3.71. The Hall–Kier alpha value is -3.85. The molecule has 0 radical (unpaired) electrons. The van der Waals surface area contributed by atoms with Crippen molar-refractivity contribution >= 4 is 35.0 Å². The van der Waals surface area contributed by atoms with Crippen molar-refractivity contribution in [2.24, 2.45) is 0 Å². The topological polar surface area (TPSA) is 87.3 Å². The number of carbonyl (C=O) groups is 3. The smallest absolute Gasteiger partial charge is 0.322 e. The molecule has 3 aromatic carbocycles. The molecule has 0 heterocycles. The van der Waals surface area contributed by atoms with Crippen molar-refractivity contribution in [1.29, 1.82) is 0 Å². The quantitative estimate of drug-likeness (QED) is 0.493. The van der Waals surface area contributed by atoms with E-state index in [4.69, 9.17) is 11.6 Å². The zero-order valence-corrected chi connectivity index (χ0v) is 16.9. The number of halogens is 4. The van der Waals surface area contributed by atoms with Crippen molar-refractivity contribution in [3.8, 4) is 0 Å². The lowest BCUT2D eigenvalue weighted by molar-refractivity contribution is -0.137. The lowest BCUT2D eigenvalue weighted by atomic mass is 10.1. The third-order valence-corrected chi connectivity index (χ3v) is 4.48. The molecular formula is C22H15ClF3N3O3. The van der Waals surface area contributed by atoms with Gasteiger partial charge in [0.1, 0.15) is 0 Å². The maximum Gasteiger partial charge on any atom is 0.416 e. The number of anilines is 1. The molecule has 0 spiro atoms. The summed E-state index contributed by atoms with van der Waals surface area (Å²) < 4.78 is 38.4. The number of hydrazine groups is 1. The third kappa shape index (κ3) is 5.86. The van der Waals surface area contributed by atoms with Gasteiger partial charge in [0.15, 0.2) is 0 Å². The molecule has 0 fully saturated rings. The number of hydrogen-bond donors (Lipinski definition) is 3. The maximum absolute atomic E-state index is 12.8. The molecule has 0 unspecified atom stereocenters. The molecule has 164 valence electrons. The molecule has 32 heavy (non-hydrogen) atoms. The zero-order valence-electron chi connectivity index (χ0n) is 16.2. The van der Waals surface area contributed by atoms with Gasteiger partial charge in [-0.15, -0.1) is 0 Å². The Morgan fingerprint density at radius 2 is 1.25 bits per heavy atom. The van der Waals surface area contributed by atoms with Gasteiger partial charge in [-0.05, 0) is 60.7 Å². The number of nitrogens with one attached hydrogen (secondary N) is 3. The molecule has 0 saturated carbocycles.